The lowest BCUT2D eigenvalue weighted by atomic mass is 9.74. The summed E-state index contributed by atoms with van der Waals surface area (Å²) < 4.78 is 16.9. The second-order valence-electron chi connectivity index (χ2n) is 13.9. The molecule has 10 nitrogen and oxygen atoms in total. The van der Waals surface area contributed by atoms with Crippen molar-refractivity contribution in [1.82, 2.24) is 15.5 Å². The van der Waals surface area contributed by atoms with Crippen molar-refractivity contribution in [2.45, 2.75) is 90.8 Å². The molecule has 47 heavy (non-hydrogen) atoms. The van der Waals surface area contributed by atoms with E-state index < -0.39 is 34.6 Å². The van der Waals surface area contributed by atoms with Gasteiger partial charge in [0.15, 0.2) is 0 Å². The van der Waals surface area contributed by atoms with Gasteiger partial charge in [-0.05, 0) is 78.9 Å². The molecular weight excluding hydrogens is 598 g/mol. The van der Waals surface area contributed by atoms with E-state index in [1.165, 1.54) is 0 Å². The summed E-state index contributed by atoms with van der Waals surface area (Å²) in [7, 11) is 0. The van der Waals surface area contributed by atoms with Crippen LogP contribution in [0.15, 0.2) is 60.2 Å². The third kappa shape index (κ3) is 9.59. The Hall–Kier alpha value is -4.34. The van der Waals surface area contributed by atoms with Gasteiger partial charge in [-0.2, -0.15) is 0 Å². The highest BCUT2D eigenvalue weighted by atomic mass is 16.6. The van der Waals surface area contributed by atoms with E-state index in [0.717, 1.165) is 22.4 Å². The number of nitrogens with zero attached hydrogens (tertiary/aromatic N) is 1. The maximum Gasteiger partial charge on any atom is 0.408 e. The number of rotatable bonds is 10. The molecule has 2 heterocycles. The predicted octanol–water partition coefficient (Wildman–Crippen LogP) is 5.45. The Balaban J connectivity index is 1.63. The van der Waals surface area contributed by atoms with Crippen LogP contribution in [0.25, 0.3) is 6.08 Å². The Morgan fingerprint density at radius 1 is 1.00 bits per heavy atom. The first-order valence-electron chi connectivity index (χ1n) is 16.4. The molecule has 0 spiro atoms. The van der Waals surface area contributed by atoms with Gasteiger partial charge in [0.1, 0.15) is 22.9 Å². The van der Waals surface area contributed by atoms with Gasteiger partial charge in [-0.1, -0.05) is 60.2 Å². The van der Waals surface area contributed by atoms with Gasteiger partial charge in [0, 0.05) is 25.1 Å². The molecule has 0 aliphatic carbocycles. The lowest BCUT2D eigenvalue weighted by Gasteiger charge is -2.42. The van der Waals surface area contributed by atoms with Crippen LogP contribution in [0.3, 0.4) is 0 Å². The van der Waals surface area contributed by atoms with Gasteiger partial charge in [-0.25, -0.2) is 4.79 Å². The third-order valence-corrected chi connectivity index (χ3v) is 8.39. The van der Waals surface area contributed by atoms with E-state index >= 15 is 0 Å². The molecule has 1 fully saturated rings. The van der Waals surface area contributed by atoms with Crippen LogP contribution >= 0.6 is 0 Å². The smallest absolute Gasteiger partial charge is 0.408 e. The molecule has 2 aromatic rings. The van der Waals surface area contributed by atoms with Gasteiger partial charge in [-0.3, -0.25) is 14.4 Å². The Morgan fingerprint density at radius 3 is 2.40 bits per heavy atom. The van der Waals surface area contributed by atoms with Crippen LogP contribution in [0, 0.1) is 5.41 Å². The maximum absolute atomic E-state index is 14.5. The number of fused-ring (bicyclic) bond motifs is 1. The van der Waals surface area contributed by atoms with Crippen molar-refractivity contribution in [1.29, 1.82) is 0 Å². The Labute approximate surface area is 278 Å². The number of hydrogen-bond donors (Lipinski definition) is 2. The zero-order valence-corrected chi connectivity index (χ0v) is 28.5. The number of nitrogens with one attached hydrogen (secondary N) is 2. The molecule has 3 amide bonds. The quantitative estimate of drug-likeness (QED) is 0.329. The van der Waals surface area contributed by atoms with Crippen LogP contribution in [-0.2, 0) is 30.3 Å². The first-order chi connectivity index (χ1) is 22.2. The second-order valence-corrected chi connectivity index (χ2v) is 13.9. The van der Waals surface area contributed by atoms with Gasteiger partial charge in [0.2, 0.25) is 11.8 Å². The van der Waals surface area contributed by atoms with Gasteiger partial charge < -0.3 is 29.7 Å². The molecule has 2 N–H and O–H groups in total. The number of amides is 3. The van der Waals surface area contributed by atoms with Gasteiger partial charge in [0.05, 0.1) is 18.6 Å². The second kappa shape index (κ2) is 15.0. The van der Waals surface area contributed by atoms with E-state index in [2.05, 4.69) is 10.6 Å². The molecule has 0 aromatic heterocycles. The number of hydrogen-bond acceptors (Lipinski definition) is 7. The first kappa shape index (κ1) is 35.5. The molecular formula is C37H49N3O7. The first-order valence-corrected chi connectivity index (χ1v) is 16.4. The molecule has 2 atom stereocenters. The summed E-state index contributed by atoms with van der Waals surface area (Å²) in [6.45, 7) is 11.4. The summed E-state index contributed by atoms with van der Waals surface area (Å²) in [5.41, 5.74) is -0.254. The fourth-order valence-corrected chi connectivity index (χ4v) is 6.09. The fraction of sp³-hybridized carbons (Fsp3) is 0.514. The Morgan fingerprint density at radius 2 is 1.70 bits per heavy atom. The van der Waals surface area contributed by atoms with Crippen LogP contribution in [0.4, 0.5) is 4.79 Å². The minimum Gasteiger partial charge on any atom is -0.493 e. The maximum atomic E-state index is 14.5. The van der Waals surface area contributed by atoms with E-state index in [9.17, 15) is 19.2 Å². The summed E-state index contributed by atoms with van der Waals surface area (Å²) in [4.78, 5) is 56.1. The van der Waals surface area contributed by atoms with E-state index in [-0.39, 0.29) is 31.4 Å². The van der Waals surface area contributed by atoms with Crippen LogP contribution in [-0.4, -0.2) is 72.3 Å². The van der Waals surface area contributed by atoms with E-state index in [1.54, 1.807) is 46.4 Å². The van der Waals surface area contributed by atoms with E-state index in [4.69, 9.17) is 14.2 Å². The van der Waals surface area contributed by atoms with Gasteiger partial charge in [0.25, 0.3) is 0 Å². The minimum atomic E-state index is -1.39. The average molecular weight is 648 g/mol. The largest absolute Gasteiger partial charge is 0.493 e. The summed E-state index contributed by atoms with van der Waals surface area (Å²) >= 11 is 0. The van der Waals surface area contributed by atoms with Crippen molar-refractivity contribution in [3.05, 3.63) is 71.3 Å². The number of piperidine rings is 1. The van der Waals surface area contributed by atoms with Crippen molar-refractivity contribution < 1.29 is 33.4 Å². The molecule has 2 unspecified atom stereocenters. The van der Waals surface area contributed by atoms with Crippen LogP contribution in [0.2, 0.25) is 0 Å². The van der Waals surface area contributed by atoms with Crippen LogP contribution < -0.4 is 15.4 Å². The topological polar surface area (TPSA) is 123 Å². The molecule has 4 rings (SSSR count). The van der Waals surface area contributed by atoms with Gasteiger partial charge >= 0.3 is 12.1 Å². The molecule has 254 valence electrons. The number of likely N-dealkylation sites (tertiary alicyclic amines) is 1. The van der Waals surface area contributed by atoms with Crippen LogP contribution in [0.1, 0.15) is 78.4 Å². The number of carbonyl (C=O) groups excluding carboxylic acids is 4. The molecule has 2 aliphatic rings. The number of carbonyl (C=O) groups is 4. The van der Waals surface area contributed by atoms with Crippen molar-refractivity contribution >= 4 is 30.0 Å². The molecule has 2 aliphatic heterocycles. The van der Waals surface area contributed by atoms with Crippen molar-refractivity contribution in [2.75, 3.05) is 26.3 Å². The van der Waals surface area contributed by atoms with E-state index in [0.29, 0.717) is 38.8 Å². The van der Waals surface area contributed by atoms with Crippen molar-refractivity contribution in [3.8, 4) is 5.75 Å². The molecule has 10 heteroatoms. The summed E-state index contributed by atoms with van der Waals surface area (Å²) in [6, 6.07) is 16.5. The summed E-state index contributed by atoms with van der Waals surface area (Å²) in [5, 5.41) is 5.59. The standard InChI is InChI=1S/C37H49N3O7/c1-7-45-33(43)37(24-26-14-9-8-10-15-26)19-13-20-40(25-37)31(41)29(23-27-18-21-46-30-17-12-11-16-28(30)22-27)38-32(42)36(5,6)39-34(44)47-35(2,3)4/h8-12,14-17,22,29H,7,13,18-21,23-25H2,1-6H3,(H,38,42)(H,39,44). The molecule has 0 radical (unpaired) electrons. The average Bonchev–Trinajstić information content (AvgIpc) is 3.21. The molecule has 0 bridgehead atoms. The Kier molecular flexibility index (Phi) is 11.4. The monoisotopic (exact) mass is 647 g/mol. The van der Waals surface area contributed by atoms with Crippen molar-refractivity contribution in [2.24, 2.45) is 5.41 Å². The number of benzene rings is 2. The highest BCUT2D eigenvalue weighted by molar-refractivity contribution is 5.94. The molecule has 1 saturated heterocycles. The summed E-state index contributed by atoms with van der Waals surface area (Å²) in [5.74, 6) is -0.407. The fourth-order valence-electron chi connectivity index (χ4n) is 6.09. The summed E-state index contributed by atoms with van der Waals surface area (Å²) in [6.07, 6.45) is 3.67. The number of para-hydroxylation sites is 1. The zero-order valence-electron chi connectivity index (χ0n) is 28.5. The molecule has 0 saturated carbocycles. The highest BCUT2D eigenvalue weighted by Crippen LogP contribution is 2.36. The number of ether oxygens (including phenoxy) is 3. The van der Waals surface area contributed by atoms with Gasteiger partial charge in [-0.15, -0.1) is 0 Å². The number of alkyl carbamates (subject to hydrolysis) is 1. The van der Waals surface area contributed by atoms with Crippen LogP contribution in [0.5, 0.6) is 5.75 Å². The zero-order chi connectivity index (χ0) is 34.2. The third-order valence-electron chi connectivity index (χ3n) is 8.39. The molecule has 2 aromatic carbocycles. The minimum absolute atomic E-state index is 0.163. The Bertz CT molecular complexity index is 1460. The van der Waals surface area contributed by atoms with Crippen molar-refractivity contribution in [3.63, 3.8) is 0 Å². The lowest BCUT2D eigenvalue weighted by molar-refractivity contribution is -0.161. The highest BCUT2D eigenvalue weighted by Gasteiger charge is 2.46. The normalized spacial score (nSPS) is 18.8. The lowest BCUT2D eigenvalue weighted by Crippen LogP contribution is -2.61. The SMILES string of the molecule is CCOC(=O)C1(Cc2ccccc2)CCCN(C(=O)C(CC2=Cc3ccccc3OCC2)NC(=O)C(C)(C)NC(=O)OC(C)(C)C)C1. The predicted molar refractivity (Wildman–Crippen MR) is 180 cm³/mol. The number of esters is 1. The van der Waals surface area contributed by atoms with E-state index in [1.807, 2.05) is 60.7 Å².